The highest BCUT2D eigenvalue weighted by Crippen LogP contribution is 2.63. The van der Waals surface area contributed by atoms with Gasteiger partial charge in [0.25, 0.3) is 0 Å². The molecule has 0 unspecified atom stereocenters. The van der Waals surface area contributed by atoms with Crippen molar-refractivity contribution in [3.63, 3.8) is 0 Å². The molecule has 0 saturated heterocycles. The Morgan fingerprint density at radius 2 is 1.84 bits per heavy atom. The van der Waals surface area contributed by atoms with Crippen LogP contribution in [-0.2, 0) is 0 Å². The largest absolute Gasteiger partial charge is 0.396 e. The van der Waals surface area contributed by atoms with Crippen LogP contribution in [0.25, 0.3) is 0 Å². The molecule has 0 aromatic carbocycles. The summed E-state index contributed by atoms with van der Waals surface area (Å²) < 4.78 is 0. The van der Waals surface area contributed by atoms with E-state index in [1.807, 2.05) is 13.0 Å². The minimum absolute atomic E-state index is 0.0690. The zero-order chi connectivity index (χ0) is 18.6. The average molecular weight is 354 g/mol. The third-order valence-electron chi connectivity index (χ3n) is 7.91. The van der Waals surface area contributed by atoms with Crippen molar-refractivity contribution in [3.8, 4) is 0 Å². The van der Waals surface area contributed by atoms with Crippen LogP contribution < -0.4 is 0 Å². The van der Waals surface area contributed by atoms with Crippen molar-refractivity contribution in [1.29, 1.82) is 0 Å². The predicted octanol–water partition coefficient (Wildman–Crippen LogP) is 1.22. The number of hydrogen-bond acceptors (Lipinski definition) is 5. The molecule has 3 aliphatic carbocycles. The molecule has 5 N–H and O–H groups in total. The van der Waals surface area contributed by atoms with Crippen LogP contribution in [0.2, 0.25) is 0 Å². The maximum atomic E-state index is 10.8. The number of allylic oxidation sites excluding steroid dienone is 1. The van der Waals surface area contributed by atoms with Crippen molar-refractivity contribution >= 4 is 0 Å². The van der Waals surface area contributed by atoms with Gasteiger partial charge in [0, 0.05) is 12.0 Å². The Labute approximate surface area is 150 Å². The fraction of sp³-hybridized carbons (Fsp3) is 0.900. The molecule has 0 aromatic rings. The van der Waals surface area contributed by atoms with Crippen molar-refractivity contribution in [1.82, 2.24) is 0 Å². The number of aliphatic hydroxyl groups is 5. The first-order valence-corrected chi connectivity index (χ1v) is 9.58. The van der Waals surface area contributed by atoms with E-state index in [4.69, 9.17) is 0 Å². The van der Waals surface area contributed by atoms with E-state index in [2.05, 4.69) is 13.8 Å². The number of aliphatic hydroxyl groups excluding tert-OH is 5. The first-order chi connectivity index (χ1) is 11.6. The van der Waals surface area contributed by atoms with E-state index in [-0.39, 0.29) is 30.0 Å². The van der Waals surface area contributed by atoms with Crippen LogP contribution in [0.15, 0.2) is 11.6 Å². The van der Waals surface area contributed by atoms with Gasteiger partial charge in [-0.1, -0.05) is 32.4 Å². The number of hydrogen-bond donors (Lipinski definition) is 5. The second-order valence-electron chi connectivity index (χ2n) is 9.56. The fourth-order valence-electron chi connectivity index (χ4n) is 6.43. The standard InChI is InChI=1S/C20H34O5/c1-18(11-22)8-13(23)9-19(2)14-6-16(24)20(3,17(25)10-21)7-12(14)4-5-15(18)19/h7,13-17,21-25H,4-6,8-11H2,1-3H3/t13-,14-,15-,16+,17+,18-,19-,20+/m0/s1. The lowest BCUT2D eigenvalue weighted by Gasteiger charge is -2.61. The summed E-state index contributed by atoms with van der Waals surface area (Å²) in [6.45, 7) is 5.78. The molecule has 0 amide bonds. The van der Waals surface area contributed by atoms with Gasteiger partial charge < -0.3 is 25.5 Å². The smallest absolute Gasteiger partial charge is 0.0883 e. The molecule has 25 heavy (non-hydrogen) atoms. The van der Waals surface area contributed by atoms with Crippen LogP contribution in [0, 0.1) is 28.1 Å². The molecular weight excluding hydrogens is 320 g/mol. The van der Waals surface area contributed by atoms with Crippen molar-refractivity contribution in [2.24, 2.45) is 28.1 Å². The van der Waals surface area contributed by atoms with Gasteiger partial charge >= 0.3 is 0 Å². The van der Waals surface area contributed by atoms with Gasteiger partial charge in [0.2, 0.25) is 0 Å². The Morgan fingerprint density at radius 3 is 2.44 bits per heavy atom. The molecule has 0 spiro atoms. The second-order valence-corrected chi connectivity index (χ2v) is 9.56. The summed E-state index contributed by atoms with van der Waals surface area (Å²) in [6, 6.07) is 0. The van der Waals surface area contributed by atoms with Gasteiger partial charge in [-0.15, -0.1) is 0 Å². The van der Waals surface area contributed by atoms with Gasteiger partial charge in [-0.2, -0.15) is 0 Å². The van der Waals surface area contributed by atoms with Crippen molar-refractivity contribution in [2.45, 2.75) is 71.2 Å². The molecule has 2 saturated carbocycles. The third kappa shape index (κ3) is 2.79. The van der Waals surface area contributed by atoms with E-state index >= 15 is 0 Å². The zero-order valence-corrected chi connectivity index (χ0v) is 15.6. The number of rotatable bonds is 3. The quantitative estimate of drug-likeness (QED) is 0.491. The van der Waals surface area contributed by atoms with Crippen LogP contribution in [0.4, 0.5) is 0 Å². The zero-order valence-electron chi connectivity index (χ0n) is 15.6. The minimum Gasteiger partial charge on any atom is -0.396 e. The maximum Gasteiger partial charge on any atom is 0.0883 e. The van der Waals surface area contributed by atoms with Crippen LogP contribution in [-0.4, -0.2) is 57.1 Å². The summed E-state index contributed by atoms with van der Waals surface area (Å²) in [6.07, 6.45) is 3.50. The lowest BCUT2D eigenvalue weighted by Crippen LogP contribution is -2.58. The highest BCUT2D eigenvalue weighted by Gasteiger charge is 2.59. The van der Waals surface area contributed by atoms with Crippen LogP contribution >= 0.6 is 0 Å². The highest BCUT2D eigenvalue weighted by molar-refractivity contribution is 5.27. The second kappa shape index (κ2) is 6.31. The maximum absolute atomic E-state index is 10.8. The molecule has 2 fully saturated rings. The number of fused-ring (bicyclic) bond motifs is 3. The topological polar surface area (TPSA) is 101 Å². The Hall–Kier alpha value is -0.460. The van der Waals surface area contributed by atoms with Crippen LogP contribution in [0.1, 0.15) is 52.9 Å². The first-order valence-electron chi connectivity index (χ1n) is 9.58. The SMILES string of the molecule is C[C@@]1(CO)C[C@H](O)C[C@@]2(C)[C@H]3C[C@@H](O)[C@](C)([C@H](O)CO)C=C3CC[C@@H]12. The Morgan fingerprint density at radius 1 is 1.16 bits per heavy atom. The molecule has 0 radical (unpaired) electrons. The summed E-state index contributed by atoms with van der Waals surface area (Å²) in [5.41, 5.74) is -0.0782. The van der Waals surface area contributed by atoms with Gasteiger partial charge in [0.1, 0.15) is 0 Å². The average Bonchev–Trinajstić information content (AvgIpc) is 2.55. The minimum atomic E-state index is -0.985. The molecule has 144 valence electrons. The predicted molar refractivity (Wildman–Crippen MR) is 94.7 cm³/mol. The van der Waals surface area contributed by atoms with Gasteiger partial charge in [-0.3, -0.25) is 0 Å². The molecule has 3 rings (SSSR count). The summed E-state index contributed by atoms with van der Waals surface area (Å²) in [5.74, 6) is 0.441. The molecule has 3 aliphatic rings. The van der Waals surface area contributed by atoms with E-state index in [1.165, 1.54) is 5.57 Å². The normalized spacial score (nSPS) is 51.3. The molecule has 5 heteroatoms. The van der Waals surface area contributed by atoms with Crippen molar-refractivity contribution in [3.05, 3.63) is 11.6 Å². The van der Waals surface area contributed by atoms with Crippen molar-refractivity contribution < 1.29 is 25.5 Å². The van der Waals surface area contributed by atoms with E-state index in [0.29, 0.717) is 25.2 Å². The van der Waals surface area contributed by atoms with Crippen molar-refractivity contribution in [2.75, 3.05) is 13.2 Å². The molecule has 5 nitrogen and oxygen atoms in total. The van der Waals surface area contributed by atoms with E-state index in [9.17, 15) is 25.5 Å². The Balaban J connectivity index is 2.00. The summed E-state index contributed by atoms with van der Waals surface area (Å²) in [5, 5.41) is 50.9. The molecule has 8 atom stereocenters. The third-order valence-corrected chi connectivity index (χ3v) is 7.91. The molecule has 0 bridgehead atoms. The van der Waals surface area contributed by atoms with Gasteiger partial charge in [0.05, 0.1) is 24.9 Å². The molecule has 0 aromatic heterocycles. The van der Waals surface area contributed by atoms with E-state index in [0.717, 1.165) is 12.8 Å². The monoisotopic (exact) mass is 354 g/mol. The molecule has 0 aliphatic heterocycles. The summed E-state index contributed by atoms with van der Waals surface area (Å²) in [7, 11) is 0. The fourth-order valence-corrected chi connectivity index (χ4v) is 6.43. The lowest BCUT2D eigenvalue weighted by atomic mass is 9.44. The van der Waals surface area contributed by atoms with Crippen LogP contribution in [0.3, 0.4) is 0 Å². The van der Waals surface area contributed by atoms with Gasteiger partial charge in [-0.25, -0.2) is 0 Å². The summed E-state index contributed by atoms with van der Waals surface area (Å²) >= 11 is 0. The van der Waals surface area contributed by atoms with E-state index < -0.39 is 23.7 Å². The van der Waals surface area contributed by atoms with Gasteiger partial charge in [-0.05, 0) is 54.8 Å². The van der Waals surface area contributed by atoms with Crippen LogP contribution in [0.5, 0.6) is 0 Å². The molecule has 0 heterocycles. The Bertz CT molecular complexity index is 548. The lowest BCUT2D eigenvalue weighted by molar-refractivity contribution is -0.146. The Kier molecular flexibility index (Phi) is 4.87. The van der Waals surface area contributed by atoms with Gasteiger partial charge in [0.15, 0.2) is 0 Å². The summed E-state index contributed by atoms with van der Waals surface area (Å²) in [4.78, 5) is 0. The first kappa shape index (κ1) is 19.3. The highest BCUT2D eigenvalue weighted by atomic mass is 16.3. The van der Waals surface area contributed by atoms with E-state index in [1.54, 1.807) is 0 Å². The molecular formula is C20H34O5.